The van der Waals surface area contributed by atoms with Crippen molar-refractivity contribution >= 4 is 5.97 Å². The average molecular weight is 198 g/mol. The molecule has 0 aromatic heterocycles. The summed E-state index contributed by atoms with van der Waals surface area (Å²) in [6.07, 6.45) is 3.49. The van der Waals surface area contributed by atoms with E-state index >= 15 is 0 Å². The fraction of sp³-hybridized carbons (Fsp3) is 0.750. The second-order valence-corrected chi connectivity index (χ2v) is 4.24. The molecule has 0 bridgehead atoms. The van der Waals surface area contributed by atoms with Crippen molar-refractivity contribution in [1.29, 1.82) is 0 Å². The maximum absolute atomic E-state index is 11.1. The van der Waals surface area contributed by atoms with Gasteiger partial charge in [-0.2, -0.15) is 0 Å². The SMILES string of the molecule is C=C(C)CCCCC(=O)OCC(C)C. The van der Waals surface area contributed by atoms with Crippen LogP contribution in [0.3, 0.4) is 0 Å². The van der Waals surface area contributed by atoms with Crippen LogP contribution in [0.5, 0.6) is 0 Å². The first-order chi connectivity index (χ1) is 6.52. The third-order valence-corrected chi connectivity index (χ3v) is 1.81. The molecule has 2 nitrogen and oxygen atoms in total. The smallest absolute Gasteiger partial charge is 0.305 e. The number of allylic oxidation sites excluding steroid dienone is 1. The van der Waals surface area contributed by atoms with Gasteiger partial charge in [0.2, 0.25) is 0 Å². The number of carbonyl (C=O) groups excluding carboxylic acids is 1. The molecule has 0 rings (SSSR count). The van der Waals surface area contributed by atoms with E-state index in [0.717, 1.165) is 19.3 Å². The molecule has 0 heterocycles. The van der Waals surface area contributed by atoms with E-state index in [1.807, 2.05) is 20.8 Å². The van der Waals surface area contributed by atoms with Gasteiger partial charge in [-0.3, -0.25) is 4.79 Å². The fourth-order valence-corrected chi connectivity index (χ4v) is 1.03. The molecule has 0 saturated heterocycles. The van der Waals surface area contributed by atoms with Crippen molar-refractivity contribution in [3.05, 3.63) is 12.2 Å². The van der Waals surface area contributed by atoms with Crippen molar-refractivity contribution in [2.24, 2.45) is 5.92 Å². The fourth-order valence-electron chi connectivity index (χ4n) is 1.03. The quantitative estimate of drug-likeness (QED) is 0.356. The van der Waals surface area contributed by atoms with E-state index in [1.165, 1.54) is 5.57 Å². The third kappa shape index (κ3) is 9.30. The molecule has 0 aromatic carbocycles. The van der Waals surface area contributed by atoms with E-state index in [-0.39, 0.29) is 5.97 Å². The maximum atomic E-state index is 11.1. The lowest BCUT2D eigenvalue weighted by Gasteiger charge is -2.06. The number of unbranched alkanes of at least 4 members (excludes halogenated alkanes) is 1. The first-order valence-electron chi connectivity index (χ1n) is 5.32. The second kappa shape index (κ2) is 7.60. The monoisotopic (exact) mass is 198 g/mol. The number of rotatable bonds is 7. The van der Waals surface area contributed by atoms with Crippen LogP contribution in [0.4, 0.5) is 0 Å². The highest BCUT2D eigenvalue weighted by atomic mass is 16.5. The minimum Gasteiger partial charge on any atom is -0.465 e. The minimum absolute atomic E-state index is 0.0691. The number of carbonyl (C=O) groups is 1. The van der Waals surface area contributed by atoms with Gasteiger partial charge in [0.05, 0.1) is 6.61 Å². The summed E-state index contributed by atoms with van der Waals surface area (Å²) in [7, 11) is 0. The zero-order valence-electron chi connectivity index (χ0n) is 9.64. The molecule has 0 amide bonds. The van der Waals surface area contributed by atoms with E-state index in [0.29, 0.717) is 18.9 Å². The summed E-state index contributed by atoms with van der Waals surface area (Å²) < 4.78 is 5.05. The zero-order valence-corrected chi connectivity index (χ0v) is 9.64. The molecular weight excluding hydrogens is 176 g/mol. The molecule has 0 spiro atoms. The van der Waals surface area contributed by atoms with Gasteiger partial charge in [-0.15, -0.1) is 6.58 Å². The van der Waals surface area contributed by atoms with Crippen molar-refractivity contribution in [3.8, 4) is 0 Å². The van der Waals surface area contributed by atoms with Gasteiger partial charge in [0.15, 0.2) is 0 Å². The summed E-state index contributed by atoms with van der Waals surface area (Å²) in [4.78, 5) is 11.1. The van der Waals surface area contributed by atoms with Crippen LogP contribution >= 0.6 is 0 Å². The Morgan fingerprint density at radius 1 is 1.29 bits per heavy atom. The normalized spacial score (nSPS) is 10.3. The Bertz CT molecular complexity index is 183. The number of esters is 1. The molecule has 0 aromatic rings. The molecule has 0 fully saturated rings. The first kappa shape index (κ1) is 13.2. The molecule has 0 unspecified atom stereocenters. The Balaban J connectivity index is 3.31. The molecular formula is C12H22O2. The van der Waals surface area contributed by atoms with Crippen LogP contribution in [-0.2, 0) is 9.53 Å². The lowest BCUT2D eigenvalue weighted by Crippen LogP contribution is -2.09. The average Bonchev–Trinajstić information content (AvgIpc) is 2.08. The molecule has 82 valence electrons. The summed E-state index contributed by atoms with van der Waals surface area (Å²) >= 11 is 0. The van der Waals surface area contributed by atoms with Gasteiger partial charge in [0.25, 0.3) is 0 Å². The highest BCUT2D eigenvalue weighted by Gasteiger charge is 2.03. The maximum Gasteiger partial charge on any atom is 0.305 e. The third-order valence-electron chi connectivity index (χ3n) is 1.81. The van der Waals surface area contributed by atoms with E-state index in [9.17, 15) is 4.79 Å². The van der Waals surface area contributed by atoms with Gasteiger partial charge in [-0.05, 0) is 32.1 Å². The van der Waals surface area contributed by atoms with Crippen molar-refractivity contribution in [3.63, 3.8) is 0 Å². The Hall–Kier alpha value is -0.790. The predicted octanol–water partition coefficient (Wildman–Crippen LogP) is 3.32. The van der Waals surface area contributed by atoms with Gasteiger partial charge in [-0.1, -0.05) is 19.4 Å². The molecule has 0 atom stereocenters. The Kier molecular flexibility index (Phi) is 7.17. The van der Waals surface area contributed by atoms with Crippen molar-refractivity contribution < 1.29 is 9.53 Å². The predicted molar refractivity (Wildman–Crippen MR) is 59.1 cm³/mol. The van der Waals surface area contributed by atoms with Crippen molar-refractivity contribution in [2.75, 3.05) is 6.61 Å². The molecule has 0 aliphatic rings. The van der Waals surface area contributed by atoms with Gasteiger partial charge in [0, 0.05) is 6.42 Å². The Morgan fingerprint density at radius 2 is 1.86 bits per heavy atom. The Labute approximate surface area is 87.3 Å². The second-order valence-electron chi connectivity index (χ2n) is 4.24. The van der Waals surface area contributed by atoms with Crippen molar-refractivity contribution in [1.82, 2.24) is 0 Å². The lowest BCUT2D eigenvalue weighted by atomic mass is 10.1. The van der Waals surface area contributed by atoms with Gasteiger partial charge in [-0.25, -0.2) is 0 Å². The number of hydrogen-bond acceptors (Lipinski definition) is 2. The van der Waals surface area contributed by atoms with E-state index in [1.54, 1.807) is 0 Å². The molecule has 14 heavy (non-hydrogen) atoms. The molecule has 2 heteroatoms. The molecule has 0 N–H and O–H groups in total. The minimum atomic E-state index is -0.0691. The zero-order chi connectivity index (χ0) is 11.0. The highest BCUT2D eigenvalue weighted by Crippen LogP contribution is 2.07. The van der Waals surface area contributed by atoms with Gasteiger partial charge >= 0.3 is 5.97 Å². The summed E-state index contributed by atoms with van der Waals surface area (Å²) in [5, 5.41) is 0. The highest BCUT2D eigenvalue weighted by molar-refractivity contribution is 5.69. The lowest BCUT2D eigenvalue weighted by molar-refractivity contribution is -0.144. The Morgan fingerprint density at radius 3 is 2.36 bits per heavy atom. The van der Waals surface area contributed by atoms with E-state index in [2.05, 4.69) is 6.58 Å². The van der Waals surface area contributed by atoms with Crippen molar-refractivity contribution in [2.45, 2.75) is 46.5 Å². The summed E-state index contributed by atoms with van der Waals surface area (Å²) in [5.41, 5.74) is 1.18. The van der Waals surface area contributed by atoms with Crippen LogP contribution in [0.15, 0.2) is 12.2 Å². The largest absolute Gasteiger partial charge is 0.465 e. The standard InChI is InChI=1S/C12H22O2/c1-10(2)7-5-6-8-12(13)14-9-11(3)4/h11H,1,5-9H2,2-4H3. The van der Waals surface area contributed by atoms with Crippen LogP contribution in [0, 0.1) is 5.92 Å². The van der Waals surface area contributed by atoms with Crippen LogP contribution in [0.25, 0.3) is 0 Å². The molecule has 0 radical (unpaired) electrons. The molecule has 0 saturated carbocycles. The summed E-state index contributed by atoms with van der Waals surface area (Å²) in [6.45, 7) is 10.4. The van der Waals surface area contributed by atoms with Crippen LogP contribution in [0.2, 0.25) is 0 Å². The first-order valence-corrected chi connectivity index (χ1v) is 5.32. The van der Waals surface area contributed by atoms with E-state index < -0.39 is 0 Å². The topological polar surface area (TPSA) is 26.3 Å². The molecule has 0 aliphatic heterocycles. The molecule has 0 aliphatic carbocycles. The van der Waals surface area contributed by atoms with Gasteiger partial charge < -0.3 is 4.74 Å². The van der Waals surface area contributed by atoms with Crippen LogP contribution < -0.4 is 0 Å². The summed E-state index contributed by atoms with van der Waals surface area (Å²) in [5.74, 6) is 0.356. The van der Waals surface area contributed by atoms with E-state index in [4.69, 9.17) is 4.74 Å². The van der Waals surface area contributed by atoms with Crippen LogP contribution in [-0.4, -0.2) is 12.6 Å². The number of ether oxygens (including phenoxy) is 1. The number of hydrogen-bond donors (Lipinski definition) is 0. The van der Waals surface area contributed by atoms with Gasteiger partial charge in [0.1, 0.15) is 0 Å². The van der Waals surface area contributed by atoms with Crippen LogP contribution in [0.1, 0.15) is 46.5 Å². The summed E-state index contributed by atoms with van der Waals surface area (Å²) in [6, 6.07) is 0.